The predicted octanol–water partition coefficient (Wildman–Crippen LogP) is 2.02. The van der Waals surface area contributed by atoms with E-state index in [9.17, 15) is 14.4 Å². The number of carbonyl (C=O) groups is 3. The first-order chi connectivity index (χ1) is 13.6. The molecule has 1 amide bonds. The Labute approximate surface area is 160 Å². The van der Waals surface area contributed by atoms with Gasteiger partial charge in [-0.3, -0.25) is 9.59 Å². The summed E-state index contributed by atoms with van der Waals surface area (Å²) in [7, 11) is 1.31. The van der Waals surface area contributed by atoms with E-state index in [1.807, 2.05) is 12.1 Å². The summed E-state index contributed by atoms with van der Waals surface area (Å²) in [6, 6.07) is 13.8. The van der Waals surface area contributed by atoms with Gasteiger partial charge in [-0.2, -0.15) is 0 Å². The zero-order valence-electron chi connectivity index (χ0n) is 15.1. The van der Waals surface area contributed by atoms with Gasteiger partial charge < -0.3 is 19.3 Å². The number of nitrogens with one attached hydrogen (secondary N) is 1. The minimum absolute atomic E-state index is 0.0840. The molecule has 0 bridgehead atoms. The molecule has 3 aromatic rings. The summed E-state index contributed by atoms with van der Waals surface area (Å²) in [5.74, 6) is -1.44. The molecule has 0 saturated carbocycles. The molecule has 0 spiro atoms. The molecule has 0 aliphatic heterocycles. The molecule has 144 valence electrons. The molecule has 0 fully saturated rings. The summed E-state index contributed by atoms with van der Waals surface area (Å²) in [5, 5.41) is 7.23. The number of methoxy groups -OCH3 is 1. The standard InChI is InChI=1S/C20H18N2O6/c1-26-20(25)14-8-6-13(7-9-14)11-21-18(23)12-27-19(24)10-16-15-4-2-3-5-17(15)28-22-16/h2-9H,10-12H2,1H3,(H,21,23). The fourth-order valence-corrected chi connectivity index (χ4v) is 2.53. The van der Waals surface area contributed by atoms with Crippen molar-refractivity contribution in [3.05, 3.63) is 65.4 Å². The molecule has 2 aromatic carbocycles. The molecule has 1 N–H and O–H groups in total. The van der Waals surface area contributed by atoms with Gasteiger partial charge in [-0.1, -0.05) is 29.4 Å². The summed E-state index contributed by atoms with van der Waals surface area (Å²) >= 11 is 0. The van der Waals surface area contributed by atoms with E-state index in [4.69, 9.17) is 9.26 Å². The maximum atomic E-state index is 11.9. The van der Waals surface area contributed by atoms with Crippen molar-refractivity contribution < 1.29 is 28.4 Å². The molecule has 0 unspecified atom stereocenters. The molecule has 28 heavy (non-hydrogen) atoms. The highest BCUT2D eigenvalue weighted by Crippen LogP contribution is 2.18. The molecule has 1 heterocycles. The van der Waals surface area contributed by atoms with Crippen LogP contribution in [0.2, 0.25) is 0 Å². The number of aromatic nitrogens is 1. The molecule has 1 aromatic heterocycles. The van der Waals surface area contributed by atoms with E-state index >= 15 is 0 Å². The first-order valence-electron chi connectivity index (χ1n) is 8.49. The van der Waals surface area contributed by atoms with Crippen LogP contribution in [0, 0.1) is 0 Å². The lowest BCUT2D eigenvalue weighted by molar-refractivity contribution is -0.148. The largest absolute Gasteiger partial charge is 0.465 e. The van der Waals surface area contributed by atoms with Crippen molar-refractivity contribution in [3.63, 3.8) is 0 Å². The van der Waals surface area contributed by atoms with Gasteiger partial charge in [0.05, 0.1) is 19.1 Å². The Kier molecular flexibility index (Phi) is 6.01. The molecule has 0 saturated heterocycles. The Bertz CT molecular complexity index is 993. The normalized spacial score (nSPS) is 10.5. The number of esters is 2. The van der Waals surface area contributed by atoms with Crippen LogP contribution < -0.4 is 5.32 Å². The predicted molar refractivity (Wildman–Crippen MR) is 98.3 cm³/mol. The van der Waals surface area contributed by atoms with Crippen molar-refractivity contribution in [1.29, 1.82) is 0 Å². The molecule has 0 atom stereocenters. The number of benzene rings is 2. The van der Waals surface area contributed by atoms with Gasteiger partial charge in [-0.05, 0) is 29.8 Å². The molecule has 0 aliphatic carbocycles. The van der Waals surface area contributed by atoms with Crippen LogP contribution in [-0.2, 0) is 32.0 Å². The average Bonchev–Trinajstić information content (AvgIpc) is 3.13. The van der Waals surface area contributed by atoms with Crippen LogP contribution in [0.3, 0.4) is 0 Å². The van der Waals surface area contributed by atoms with Crippen LogP contribution in [0.5, 0.6) is 0 Å². The highest BCUT2D eigenvalue weighted by atomic mass is 16.5. The van der Waals surface area contributed by atoms with Crippen molar-refractivity contribution in [2.45, 2.75) is 13.0 Å². The quantitative estimate of drug-likeness (QED) is 0.623. The lowest BCUT2D eigenvalue weighted by Gasteiger charge is -2.07. The lowest BCUT2D eigenvalue weighted by Crippen LogP contribution is -2.28. The molecule has 8 nitrogen and oxygen atoms in total. The Morgan fingerprint density at radius 2 is 1.82 bits per heavy atom. The van der Waals surface area contributed by atoms with Gasteiger partial charge in [0.25, 0.3) is 5.91 Å². The number of ether oxygens (including phenoxy) is 2. The topological polar surface area (TPSA) is 108 Å². The molecule has 0 radical (unpaired) electrons. The average molecular weight is 382 g/mol. The van der Waals surface area contributed by atoms with Crippen LogP contribution in [0.1, 0.15) is 21.6 Å². The van der Waals surface area contributed by atoms with Crippen LogP contribution in [-0.4, -0.2) is 36.7 Å². The van der Waals surface area contributed by atoms with E-state index in [1.54, 1.807) is 36.4 Å². The van der Waals surface area contributed by atoms with Gasteiger partial charge in [-0.25, -0.2) is 4.79 Å². The summed E-state index contributed by atoms with van der Waals surface area (Å²) < 4.78 is 14.7. The fraction of sp³-hybridized carbons (Fsp3) is 0.200. The van der Waals surface area contributed by atoms with E-state index in [0.29, 0.717) is 16.8 Å². The number of amides is 1. The van der Waals surface area contributed by atoms with E-state index in [2.05, 4.69) is 15.2 Å². The number of para-hydroxylation sites is 1. The highest BCUT2D eigenvalue weighted by molar-refractivity contribution is 5.89. The zero-order valence-corrected chi connectivity index (χ0v) is 15.1. The number of hydrogen-bond donors (Lipinski definition) is 1. The Morgan fingerprint density at radius 1 is 1.07 bits per heavy atom. The maximum absolute atomic E-state index is 11.9. The van der Waals surface area contributed by atoms with Crippen molar-refractivity contribution in [1.82, 2.24) is 10.5 Å². The van der Waals surface area contributed by atoms with E-state index in [-0.39, 0.29) is 13.0 Å². The summed E-state index contributed by atoms with van der Waals surface area (Å²) in [6.07, 6.45) is -0.0840. The minimum atomic E-state index is -0.573. The highest BCUT2D eigenvalue weighted by Gasteiger charge is 2.14. The summed E-state index contributed by atoms with van der Waals surface area (Å²) in [4.78, 5) is 35.2. The second-order valence-corrected chi connectivity index (χ2v) is 5.93. The Morgan fingerprint density at radius 3 is 2.57 bits per heavy atom. The van der Waals surface area contributed by atoms with Crippen molar-refractivity contribution in [2.75, 3.05) is 13.7 Å². The van der Waals surface area contributed by atoms with E-state index in [0.717, 1.165) is 10.9 Å². The Hall–Kier alpha value is -3.68. The number of hydrogen-bond acceptors (Lipinski definition) is 7. The van der Waals surface area contributed by atoms with Crippen LogP contribution >= 0.6 is 0 Å². The molecule has 8 heteroatoms. The third-order valence-corrected chi connectivity index (χ3v) is 3.99. The van der Waals surface area contributed by atoms with Gasteiger partial charge in [0.1, 0.15) is 5.69 Å². The number of carbonyl (C=O) groups excluding carboxylic acids is 3. The van der Waals surface area contributed by atoms with Gasteiger partial charge in [0.2, 0.25) is 0 Å². The smallest absolute Gasteiger partial charge is 0.337 e. The molecule has 0 aliphatic rings. The number of rotatable bonds is 7. The second-order valence-electron chi connectivity index (χ2n) is 5.93. The van der Waals surface area contributed by atoms with Crippen LogP contribution in [0.4, 0.5) is 0 Å². The molecule has 3 rings (SSSR count). The second kappa shape index (κ2) is 8.81. The van der Waals surface area contributed by atoms with Crippen molar-refractivity contribution in [3.8, 4) is 0 Å². The molecular formula is C20H18N2O6. The SMILES string of the molecule is COC(=O)c1ccc(CNC(=O)COC(=O)Cc2noc3ccccc23)cc1. The third kappa shape index (κ3) is 4.73. The third-order valence-electron chi connectivity index (χ3n) is 3.99. The minimum Gasteiger partial charge on any atom is -0.465 e. The zero-order chi connectivity index (χ0) is 19.9. The van der Waals surface area contributed by atoms with E-state index in [1.165, 1.54) is 7.11 Å². The van der Waals surface area contributed by atoms with Crippen LogP contribution in [0.25, 0.3) is 11.0 Å². The number of fused-ring (bicyclic) bond motifs is 1. The van der Waals surface area contributed by atoms with Gasteiger partial charge in [-0.15, -0.1) is 0 Å². The first-order valence-corrected chi connectivity index (χ1v) is 8.49. The Balaban J connectivity index is 1.44. The fourth-order valence-electron chi connectivity index (χ4n) is 2.53. The summed E-state index contributed by atoms with van der Waals surface area (Å²) in [6.45, 7) is -0.152. The van der Waals surface area contributed by atoms with Crippen LogP contribution in [0.15, 0.2) is 53.1 Å². The maximum Gasteiger partial charge on any atom is 0.337 e. The first kappa shape index (κ1) is 19.1. The monoisotopic (exact) mass is 382 g/mol. The van der Waals surface area contributed by atoms with Gasteiger partial charge >= 0.3 is 11.9 Å². The van der Waals surface area contributed by atoms with Crippen molar-refractivity contribution >= 4 is 28.8 Å². The lowest BCUT2D eigenvalue weighted by atomic mass is 10.1. The van der Waals surface area contributed by atoms with Gasteiger partial charge in [0, 0.05) is 11.9 Å². The van der Waals surface area contributed by atoms with Crippen molar-refractivity contribution in [2.24, 2.45) is 0 Å². The molecular weight excluding hydrogens is 364 g/mol. The van der Waals surface area contributed by atoms with E-state index < -0.39 is 24.5 Å². The number of nitrogens with zero attached hydrogens (tertiary/aromatic N) is 1. The van der Waals surface area contributed by atoms with Gasteiger partial charge in [0.15, 0.2) is 12.2 Å². The summed E-state index contributed by atoms with van der Waals surface area (Å²) in [5.41, 5.74) is 2.27.